The molecule has 0 radical (unpaired) electrons. The van der Waals surface area contributed by atoms with Crippen molar-refractivity contribution in [1.82, 2.24) is 4.98 Å². The van der Waals surface area contributed by atoms with Crippen LogP contribution in [0.4, 0.5) is 0 Å². The molecule has 0 amide bonds. The zero-order valence-electron chi connectivity index (χ0n) is 11.7. The largest absolute Gasteiger partial charge is 0.358 e. The first-order chi connectivity index (χ1) is 9.69. The zero-order chi connectivity index (χ0) is 14.1. The van der Waals surface area contributed by atoms with Crippen molar-refractivity contribution in [2.75, 3.05) is 0 Å². The average molecular weight is 263 g/mol. The van der Waals surface area contributed by atoms with Crippen molar-refractivity contribution in [1.29, 1.82) is 0 Å². The van der Waals surface area contributed by atoms with Gasteiger partial charge in [0.2, 0.25) is 0 Å². The summed E-state index contributed by atoms with van der Waals surface area (Å²) in [7, 11) is 0. The Bertz CT molecular complexity index is 783. The minimum Gasteiger partial charge on any atom is -0.358 e. The highest BCUT2D eigenvalue weighted by atomic mass is 16.1. The van der Waals surface area contributed by atoms with Crippen molar-refractivity contribution in [3.8, 4) is 0 Å². The minimum atomic E-state index is 0.760. The molecule has 0 fully saturated rings. The summed E-state index contributed by atoms with van der Waals surface area (Å²) in [6, 6.07) is 14.4. The number of aryl methyl sites for hydroxylation is 2. The summed E-state index contributed by atoms with van der Waals surface area (Å²) in [5, 5.41) is 1.00. The highest BCUT2D eigenvalue weighted by molar-refractivity contribution is 5.99. The molecule has 3 rings (SSSR count). The third kappa shape index (κ3) is 2.14. The molecule has 1 aromatic heterocycles. The van der Waals surface area contributed by atoms with E-state index in [0.29, 0.717) is 0 Å². The molecule has 2 heteroatoms. The molecule has 0 saturated carbocycles. The molecule has 2 aromatic carbocycles. The highest BCUT2D eigenvalue weighted by Gasteiger charge is 2.11. The fourth-order valence-corrected chi connectivity index (χ4v) is 2.67. The van der Waals surface area contributed by atoms with Gasteiger partial charge in [0.1, 0.15) is 0 Å². The number of hydrogen-bond acceptors (Lipinski definition) is 1. The standard InChI is InChI=1S/C18H17NO/c1-12-7-8-13(2)14(9-12)10-18-16(11-20)15-5-3-4-6-17(15)19-18/h3-9,11,19H,10H2,1-2H3. The van der Waals surface area contributed by atoms with Gasteiger partial charge in [0.05, 0.1) is 0 Å². The van der Waals surface area contributed by atoms with Gasteiger partial charge in [-0.25, -0.2) is 0 Å². The number of hydrogen-bond donors (Lipinski definition) is 1. The topological polar surface area (TPSA) is 32.9 Å². The van der Waals surface area contributed by atoms with E-state index < -0.39 is 0 Å². The van der Waals surface area contributed by atoms with Crippen molar-refractivity contribution >= 4 is 17.2 Å². The number of para-hydroxylation sites is 1. The molecule has 0 atom stereocenters. The Kier molecular flexibility index (Phi) is 3.15. The van der Waals surface area contributed by atoms with Gasteiger partial charge >= 0.3 is 0 Å². The van der Waals surface area contributed by atoms with Crippen molar-refractivity contribution in [3.63, 3.8) is 0 Å². The van der Waals surface area contributed by atoms with E-state index in [1.54, 1.807) is 0 Å². The second-order valence-corrected chi connectivity index (χ2v) is 5.29. The molecular formula is C18H17NO. The molecule has 100 valence electrons. The smallest absolute Gasteiger partial charge is 0.152 e. The van der Waals surface area contributed by atoms with Gasteiger partial charge < -0.3 is 4.98 Å². The lowest BCUT2D eigenvalue weighted by Gasteiger charge is -2.06. The number of H-pyrrole nitrogens is 1. The van der Waals surface area contributed by atoms with Gasteiger partial charge in [-0.3, -0.25) is 4.79 Å². The number of rotatable bonds is 3. The molecule has 0 spiro atoms. The predicted octanol–water partition coefficient (Wildman–Crippen LogP) is 4.19. The van der Waals surface area contributed by atoms with Crippen LogP contribution >= 0.6 is 0 Å². The SMILES string of the molecule is Cc1ccc(C)c(Cc2[nH]c3ccccc3c2C=O)c1. The van der Waals surface area contributed by atoms with Gasteiger partial charge in [-0.2, -0.15) is 0 Å². The first kappa shape index (κ1) is 12.7. The summed E-state index contributed by atoms with van der Waals surface area (Å²) in [5.41, 5.74) is 6.56. The van der Waals surface area contributed by atoms with Crippen LogP contribution < -0.4 is 0 Å². The van der Waals surface area contributed by atoms with E-state index in [2.05, 4.69) is 37.0 Å². The van der Waals surface area contributed by atoms with E-state index >= 15 is 0 Å². The van der Waals surface area contributed by atoms with Crippen molar-refractivity contribution in [2.45, 2.75) is 20.3 Å². The van der Waals surface area contributed by atoms with E-state index in [4.69, 9.17) is 0 Å². The second kappa shape index (κ2) is 4.97. The number of aldehydes is 1. The Morgan fingerprint density at radius 2 is 1.90 bits per heavy atom. The lowest BCUT2D eigenvalue weighted by Crippen LogP contribution is -1.96. The zero-order valence-corrected chi connectivity index (χ0v) is 11.7. The van der Waals surface area contributed by atoms with Crippen LogP contribution in [0.15, 0.2) is 42.5 Å². The lowest BCUT2D eigenvalue weighted by molar-refractivity contribution is 0.112. The molecule has 1 N–H and O–H groups in total. The van der Waals surface area contributed by atoms with E-state index in [0.717, 1.165) is 34.9 Å². The molecule has 3 aromatic rings. The van der Waals surface area contributed by atoms with Gasteiger partial charge in [0, 0.05) is 28.6 Å². The third-order valence-corrected chi connectivity index (χ3v) is 3.82. The Morgan fingerprint density at radius 3 is 2.70 bits per heavy atom. The molecule has 2 nitrogen and oxygen atoms in total. The molecule has 0 aliphatic heterocycles. The number of fused-ring (bicyclic) bond motifs is 1. The van der Waals surface area contributed by atoms with Gasteiger partial charge in [-0.1, -0.05) is 42.0 Å². The minimum absolute atomic E-state index is 0.760. The fourth-order valence-electron chi connectivity index (χ4n) is 2.67. The fraction of sp³-hybridized carbons (Fsp3) is 0.167. The maximum atomic E-state index is 11.4. The van der Waals surface area contributed by atoms with Crippen LogP contribution in [0, 0.1) is 13.8 Å². The molecular weight excluding hydrogens is 246 g/mol. The van der Waals surface area contributed by atoms with E-state index in [1.807, 2.05) is 24.3 Å². The summed E-state index contributed by atoms with van der Waals surface area (Å²) in [6.45, 7) is 4.20. The quantitative estimate of drug-likeness (QED) is 0.706. The van der Waals surface area contributed by atoms with E-state index in [1.165, 1.54) is 16.7 Å². The van der Waals surface area contributed by atoms with Crippen molar-refractivity contribution in [3.05, 3.63) is 70.4 Å². The number of benzene rings is 2. The molecule has 0 unspecified atom stereocenters. The molecule has 0 saturated heterocycles. The van der Waals surface area contributed by atoms with Gasteiger partial charge in [-0.05, 0) is 31.0 Å². The maximum Gasteiger partial charge on any atom is 0.152 e. The maximum absolute atomic E-state index is 11.4. The Labute approximate surface area is 118 Å². The average Bonchev–Trinajstić information content (AvgIpc) is 2.80. The number of nitrogens with one attached hydrogen (secondary N) is 1. The first-order valence-corrected chi connectivity index (χ1v) is 6.80. The predicted molar refractivity (Wildman–Crippen MR) is 82.4 cm³/mol. The first-order valence-electron chi connectivity index (χ1n) is 6.80. The summed E-state index contributed by atoms with van der Waals surface area (Å²) < 4.78 is 0. The number of aromatic amines is 1. The van der Waals surface area contributed by atoms with Crippen LogP contribution in [0.1, 0.15) is 32.7 Å². The Morgan fingerprint density at radius 1 is 1.10 bits per heavy atom. The summed E-state index contributed by atoms with van der Waals surface area (Å²) in [5.74, 6) is 0. The summed E-state index contributed by atoms with van der Waals surface area (Å²) in [6.07, 6.45) is 1.72. The summed E-state index contributed by atoms with van der Waals surface area (Å²) in [4.78, 5) is 14.8. The number of carbonyl (C=O) groups excluding carboxylic acids is 1. The van der Waals surface area contributed by atoms with E-state index in [9.17, 15) is 4.79 Å². The lowest BCUT2D eigenvalue weighted by atomic mass is 9.99. The summed E-state index contributed by atoms with van der Waals surface area (Å²) >= 11 is 0. The number of aromatic nitrogens is 1. The molecule has 0 bridgehead atoms. The van der Waals surface area contributed by atoms with Crippen LogP contribution in [0.25, 0.3) is 10.9 Å². The third-order valence-electron chi connectivity index (χ3n) is 3.82. The normalized spacial score (nSPS) is 10.9. The van der Waals surface area contributed by atoms with Gasteiger partial charge in [0.15, 0.2) is 6.29 Å². The van der Waals surface area contributed by atoms with Crippen LogP contribution in [-0.2, 0) is 6.42 Å². The molecule has 1 heterocycles. The Hall–Kier alpha value is -2.35. The second-order valence-electron chi connectivity index (χ2n) is 5.29. The van der Waals surface area contributed by atoms with Crippen LogP contribution in [0.5, 0.6) is 0 Å². The van der Waals surface area contributed by atoms with Crippen LogP contribution in [0.2, 0.25) is 0 Å². The highest BCUT2D eigenvalue weighted by Crippen LogP contribution is 2.24. The van der Waals surface area contributed by atoms with Gasteiger partial charge in [-0.15, -0.1) is 0 Å². The monoisotopic (exact) mass is 263 g/mol. The van der Waals surface area contributed by atoms with Crippen molar-refractivity contribution in [2.24, 2.45) is 0 Å². The van der Waals surface area contributed by atoms with Crippen molar-refractivity contribution < 1.29 is 4.79 Å². The number of carbonyl (C=O) groups is 1. The molecule has 0 aliphatic rings. The molecule has 20 heavy (non-hydrogen) atoms. The van der Waals surface area contributed by atoms with Gasteiger partial charge in [0.25, 0.3) is 0 Å². The van der Waals surface area contributed by atoms with E-state index in [-0.39, 0.29) is 0 Å². The molecule has 0 aliphatic carbocycles. The Balaban J connectivity index is 2.10. The van der Waals surface area contributed by atoms with Crippen LogP contribution in [-0.4, -0.2) is 11.3 Å². The van der Waals surface area contributed by atoms with Crippen LogP contribution in [0.3, 0.4) is 0 Å².